The number of hydrogen-bond donors (Lipinski definition) is 2. The second-order valence-electron chi connectivity index (χ2n) is 3.42. The molecule has 1 rings (SSSR count). The van der Waals surface area contributed by atoms with Crippen LogP contribution in [-0.2, 0) is 6.42 Å². The van der Waals surface area contributed by atoms with Gasteiger partial charge in [0, 0.05) is 19.5 Å². The Balaban J connectivity index is 2.39. The maximum Gasteiger partial charge on any atom is 0.228 e. The van der Waals surface area contributed by atoms with E-state index in [1.165, 1.54) is 0 Å². The van der Waals surface area contributed by atoms with Gasteiger partial charge in [0.05, 0.1) is 6.54 Å². The molecule has 0 aliphatic carbocycles. The van der Waals surface area contributed by atoms with E-state index >= 15 is 0 Å². The summed E-state index contributed by atoms with van der Waals surface area (Å²) in [6.45, 7) is 9.58. The highest BCUT2D eigenvalue weighted by Gasteiger charge is 2.01. The summed E-state index contributed by atoms with van der Waals surface area (Å²) in [6, 6.07) is 0. The second kappa shape index (κ2) is 7.43. The molecule has 0 radical (unpaired) electrons. The summed E-state index contributed by atoms with van der Waals surface area (Å²) >= 11 is 0. The smallest absolute Gasteiger partial charge is 0.228 e. The lowest BCUT2D eigenvalue weighted by molar-refractivity contribution is 0.376. The predicted molar refractivity (Wildman–Crippen MR) is 66.9 cm³/mol. The fourth-order valence-corrected chi connectivity index (χ4v) is 1.22. The number of aliphatic imine (C=N–C) groups is 1. The fourth-order valence-electron chi connectivity index (χ4n) is 1.22. The summed E-state index contributed by atoms with van der Waals surface area (Å²) in [7, 11) is 0. The van der Waals surface area contributed by atoms with Crippen LogP contribution in [0.4, 0.5) is 0 Å². The van der Waals surface area contributed by atoms with E-state index in [1.807, 2.05) is 6.92 Å². The Morgan fingerprint density at radius 2 is 2.35 bits per heavy atom. The van der Waals surface area contributed by atoms with E-state index in [0.717, 1.165) is 12.5 Å². The second-order valence-corrected chi connectivity index (χ2v) is 3.42. The predicted octanol–water partition coefficient (Wildman–Crippen LogP) is 0.662. The van der Waals surface area contributed by atoms with Gasteiger partial charge in [-0.05, 0) is 13.8 Å². The van der Waals surface area contributed by atoms with Gasteiger partial charge in [0.2, 0.25) is 5.89 Å². The van der Waals surface area contributed by atoms with Crippen molar-refractivity contribution in [3.63, 3.8) is 0 Å². The van der Waals surface area contributed by atoms with Crippen LogP contribution in [-0.4, -0.2) is 35.7 Å². The number of aromatic nitrogens is 2. The van der Waals surface area contributed by atoms with Crippen molar-refractivity contribution in [2.45, 2.75) is 20.3 Å². The molecule has 1 heterocycles. The van der Waals surface area contributed by atoms with Crippen molar-refractivity contribution in [3.8, 4) is 0 Å². The van der Waals surface area contributed by atoms with Crippen molar-refractivity contribution in [3.05, 3.63) is 24.4 Å². The van der Waals surface area contributed by atoms with E-state index in [9.17, 15) is 0 Å². The third-order valence-electron chi connectivity index (χ3n) is 1.92. The first-order chi connectivity index (χ1) is 8.26. The molecule has 0 saturated heterocycles. The molecule has 1 aromatic heterocycles. The first kappa shape index (κ1) is 13.2. The van der Waals surface area contributed by atoms with E-state index in [-0.39, 0.29) is 0 Å². The Morgan fingerprint density at radius 3 is 2.94 bits per heavy atom. The van der Waals surface area contributed by atoms with Crippen molar-refractivity contribution in [2.75, 3.05) is 19.6 Å². The highest BCUT2D eigenvalue weighted by atomic mass is 16.5. The van der Waals surface area contributed by atoms with Crippen LogP contribution in [0, 0.1) is 6.92 Å². The number of aryl methyl sites for hydroxylation is 1. The van der Waals surface area contributed by atoms with Gasteiger partial charge in [-0.15, -0.1) is 6.58 Å². The minimum absolute atomic E-state index is 0.605. The van der Waals surface area contributed by atoms with Crippen LogP contribution in [0.25, 0.3) is 0 Å². The Hall–Kier alpha value is -1.85. The molecule has 2 N–H and O–H groups in total. The molecule has 0 amide bonds. The van der Waals surface area contributed by atoms with Crippen LogP contribution >= 0.6 is 0 Å². The van der Waals surface area contributed by atoms with Crippen LogP contribution in [0.2, 0.25) is 0 Å². The molecule has 17 heavy (non-hydrogen) atoms. The highest BCUT2D eigenvalue weighted by molar-refractivity contribution is 5.79. The third-order valence-corrected chi connectivity index (χ3v) is 1.92. The van der Waals surface area contributed by atoms with Crippen molar-refractivity contribution in [1.29, 1.82) is 0 Å². The minimum Gasteiger partial charge on any atom is -0.357 e. The summed E-state index contributed by atoms with van der Waals surface area (Å²) in [5.74, 6) is 2.04. The maximum absolute atomic E-state index is 5.00. The van der Waals surface area contributed by atoms with Gasteiger partial charge >= 0.3 is 0 Å². The topological polar surface area (TPSA) is 75.3 Å². The standard InChI is InChI=1S/C11H19N5O/c1-4-7-13-11(12-5-2)14-8-6-10-15-9(3)16-17-10/h4H,1,5-8H2,2-3H3,(H2,12,13,14). The monoisotopic (exact) mass is 237 g/mol. The zero-order valence-corrected chi connectivity index (χ0v) is 10.4. The average molecular weight is 237 g/mol. The van der Waals surface area contributed by atoms with Gasteiger partial charge in [0.25, 0.3) is 0 Å². The molecule has 94 valence electrons. The quantitative estimate of drug-likeness (QED) is 0.432. The van der Waals surface area contributed by atoms with Gasteiger partial charge in [0.1, 0.15) is 0 Å². The SMILES string of the molecule is C=CCNC(=NCCc1nc(C)no1)NCC. The molecular formula is C11H19N5O. The molecule has 0 unspecified atom stereocenters. The first-order valence-electron chi connectivity index (χ1n) is 5.68. The normalized spacial score (nSPS) is 11.3. The van der Waals surface area contributed by atoms with Gasteiger partial charge in [-0.25, -0.2) is 0 Å². The zero-order chi connectivity index (χ0) is 12.5. The Labute approximate surface area is 101 Å². The van der Waals surface area contributed by atoms with Gasteiger partial charge < -0.3 is 15.2 Å². The molecule has 0 atom stereocenters. The van der Waals surface area contributed by atoms with Crippen LogP contribution in [0.15, 0.2) is 22.2 Å². The van der Waals surface area contributed by atoms with E-state index < -0.39 is 0 Å². The molecule has 1 aromatic rings. The lowest BCUT2D eigenvalue weighted by atomic mass is 10.4. The largest absolute Gasteiger partial charge is 0.357 e. The fraction of sp³-hybridized carbons (Fsp3) is 0.545. The van der Waals surface area contributed by atoms with Crippen molar-refractivity contribution >= 4 is 5.96 Å². The summed E-state index contributed by atoms with van der Waals surface area (Å²) < 4.78 is 5.00. The Bertz CT molecular complexity index is 372. The average Bonchev–Trinajstić information content (AvgIpc) is 2.72. The molecular weight excluding hydrogens is 218 g/mol. The molecule has 0 fully saturated rings. The molecule has 0 aliphatic heterocycles. The molecule has 6 nitrogen and oxygen atoms in total. The van der Waals surface area contributed by atoms with Gasteiger partial charge in [-0.1, -0.05) is 11.2 Å². The Kier molecular flexibility index (Phi) is 5.77. The minimum atomic E-state index is 0.605. The molecule has 0 aliphatic rings. The number of nitrogens with one attached hydrogen (secondary N) is 2. The van der Waals surface area contributed by atoms with Gasteiger partial charge in [0.15, 0.2) is 11.8 Å². The van der Waals surface area contributed by atoms with Crippen molar-refractivity contribution < 1.29 is 4.52 Å². The summed E-state index contributed by atoms with van der Waals surface area (Å²) in [5.41, 5.74) is 0. The first-order valence-corrected chi connectivity index (χ1v) is 5.68. The lowest BCUT2D eigenvalue weighted by Crippen LogP contribution is -2.37. The number of rotatable bonds is 6. The van der Waals surface area contributed by atoms with Crippen molar-refractivity contribution in [1.82, 2.24) is 20.8 Å². The van der Waals surface area contributed by atoms with Crippen LogP contribution in [0.3, 0.4) is 0 Å². The molecule has 0 bridgehead atoms. The van der Waals surface area contributed by atoms with Crippen LogP contribution in [0.5, 0.6) is 0 Å². The zero-order valence-electron chi connectivity index (χ0n) is 10.4. The molecule has 6 heteroatoms. The van der Waals surface area contributed by atoms with Gasteiger partial charge in [-0.3, -0.25) is 4.99 Å². The summed E-state index contributed by atoms with van der Waals surface area (Å²) in [5, 5.41) is 9.97. The Morgan fingerprint density at radius 1 is 1.53 bits per heavy atom. The van der Waals surface area contributed by atoms with E-state index in [4.69, 9.17) is 4.52 Å². The van der Waals surface area contributed by atoms with E-state index in [1.54, 1.807) is 13.0 Å². The third kappa shape index (κ3) is 5.14. The number of hydrogen-bond acceptors (Lipinski definition) is 4. The highest BCUT2D eigenvalue weighted by Crippen LogP contribution is 1.96. The molecule has 0 saturated carbocycles. The molecule has 0 aromatic carbocycles. The van der Waals surface area contributed by atoms with Crippen LogP contribution < -0.4 is 10.6 Å². The van der Waals surface area contributed by atoms with Crippen LogP contribution in [0.1, 0.15) is 18.6 Å². The number of nitrogens with zero attached hydrogens (tertiary/aromatic N) is 3. The maximum atomic E-state index is 5.00. The number of guanidine groups is 1. The van der Waals surface area contributed by atoms with Crippen molar-refractivity contribution in [2.24, 2.45) is 4.99 Å². The lowest BCUT2D eigenvalue weighted by Gasteiger charge is -2.08. The van der Waals surface area contributed by atoms with Gasteiger partial charge in [-0.2, -0.15) is 4.98 Å². The summed E-state index contributed by atoms with van der Waals surface area (Å²) in [4.78, 5) is 8.49. The summed E-state index contributed by atoms with van der Waals surface area (Å²) in [6.07, 6.45) is 2.43. The molecule has 0 spiro atoms. The van der Waals surface area contributed by atoms with E-state index in [2.05, 4.69) is 32.3 Å². The van der Waals surface area contributed by atoms with E-state index in [0.29, 0.717) is 31.2 Å².